The van der Waals surface area contributed by atoms with Crippen LogP contribution < -0.4 is 5.32 Å². The molecule has 2 N–H and O–H groups in total. The van der Waals surface area contributed by atoms with Gasteiger partial charge >= 0.3 is 0 Å². The SMILES string of the molecule is Cc1ccc(NC(=O)C2CCN(C(=O)c3ccc(F)cc3)CC2)c(O)c1. The molecule has 5 nitrogen and oxygen atoms in total. The number of likely N-dealkylation sites (tertiary alicyclic amines) is 1. The number of phenolic OH excluding ortho intramolecular Hbond substituents is 1. The van der Waals surface area contributed by atoms with E-state index in [0.717, 1.165) is 5.56 Å². The molecule has 1 fully saturated rings. The van der Waals surface area contributed by atoms with Crippen LogP contribution in [0, 0.1) is 18.7 Å². The Hall–Kier alpha value is -2.89. The van der Waals surface area contributed by atoms with E-state index in [4.69, 9.17) is 0 Å². The van der Waals surface area contributed by atoms with E-state index in [2.05, 4.69) is 5.32 Å². The quantitative estimate of drug-likeness (QED) is 0.829. The van der Waals surface area contributed by atoms with Crippen LogP contribution in [0.15, 0.2) is 42.5 Å². The molecule has 0 bridgehead atoms. The number of halogens is 1. The van der Waals surface area contributed by atoms with Gasteiger partial charge in [0, 0.05) is 24.6 Å². The summed E-state index contributed by atoms with van der Waals surface area (Å²) in [5.74, 6) is -0.857. The molecule has 0 radical (unpaired) electrons. The highest BCUT2D eigenvalue weighted by molar-refractivity contribution is 5.95. The van der Waals surface area contributed by atoms with E-state index in [0.29, 0.717) is 37.2 Å². The predicted octanol–water partition coefficient (Wildman–Crippen LogP) is 3.33. The summed E-state index contributed by atoms with van der Waals surface area (Å²) in [6, 6.07) is 10.6. The number of hydrogen-bond acceptors (Lipinski definition) is 3. The minimum Gasteiger partial charge on any atom is -0.506 e. The van der Waals surface area contributed by atoms with Crippen molar-refractivity contribution in [2.75, 3.05) is 18.4 Å². The van der Waals surface area contributed by atoms with Crippen LogP contribution in [0.5, 0.6) is 5.75 Å². The molecule has 0 aliphatic carbocycles. The molecule has 1 aliphatic heterocycles. The third-order valence-corrected chi connectivity index (χ3v) is 4.66. The largest absolute Gasteiger partial charge is 0.506 e. The summed E-state index contributed by atoms with van der Waals surface area (Å²) in [7, 11) is 0. The number of nitrogens with zero attached hydrogens (tertiary/aromatic N) is 1. The third kappa shape index (κ3) is 4.02. The van der Waals surface area contributed by atoms with E-state index in [1.807, 2.05) is 13.0 Å². The maximum absolute atomic E-state index is 13.0. The Morgan fingerprint density at radius 2 is 1.77 bits per heavy atom. The zero-order valence-electron chi connectivity index (χ0n) is 14.5. The van der Waals surface area contributed by atoms with Crippen LogP contribution in [0.4, 0.5) is 10.1 Å². The zero-order valence-corrected chi connectivity index (χ0v) is 14.5. The summed E-state index contributed by atoms with van der Waals surface area (Å²) in [5, 5.41) is 12.7. The number of nitrogens with one attached hydrogen (secondary N) is 1. The molecule has 0 atom stereocenters. The predicted molar refractivity (Wildman–Crippen MR) is 96.5 cm³/mol. The summed E-state index contributed by atoms with van der Waals surface area (Å²) >= 11 is 0. The Balaban J connectivity index is 1.56. The van der Waals surface area contributed by atoms with Gasteiger partial charge in [0.2, 0.25) is 5.91 Å². The van der Waals surface area contributed by atoms with E-state index in [9.17, 15) is 19.1 Å². The summed E-state index contributed by atoms with van der Waals surface area (Å²) in [6.45, 7) is 2.79. The van der Waals surface area contributed by atoms with Crippen molar-refractivity contribution in [3.8, 4) is 5.75 Å². The lowest BCUT2D eigenvalue weighted by Crippen LogP contribution is -2.41. The van der Waals surface area contributed by atoms with E-state index in [1.165, 1.54) is 24.3 Å². The second-order valence-electron chi connectivity index (χ2n) is 6.58. The summed E-state index contributed by atoms with van der Waals surface area (Å²) in [4.78, 5) is 26.5. The summed E-state index contributed by atoms with van der Waals surface area (Å²) < 4.78 is 13.0. The van der Waals surface area contributed by atoms with Crippen LogP contribution in [0.1, 0.15) is 28.8 Å². The molecule has 0 unspecified atom stereocenters. The standard InChI is InChI=1S/C20H21FN2O3/c1-13-2-7-17(18(24)12-13)22-19(25)14-8-10-23(11-9-14)20(26)15-3-5-16(21)6-4-15/h2-7,12,14,24H,8-11H2,1H3,(H,22,25). The Morgan fingerprint density at radius 3 is 2.38 bits per heavy atom. The van der Waals surface area contributed by atoms with Crippen molar-refractivity contribution < 1.29 is 19.1 Å². The lowest BCUT2D eigenvalue weighted by molar-refractivity contribution is -0.121. The summed E-state index contributed by atoms with van der Waals surface area (Å²) in [5.41, 5.74) is 1.75. The van der Waals surface area contributed by atoms with Crippen LogP contribution in [0.25, 0.3) is 0 Å². The van der Waals surface area contributed by atoms with Gasteiger partial charge in [-0.1, -0.05) is 6.07 Å². The van der Waals surface area contributed by atoms with Gasteiger partial charge < -0.3 is 15.3 Å². The van der Waals surface area contributed by atoms with Crippen molar-refractivity contribution >= 4 is 17.5 Å². The van der Waals surface area contributed by atoms with Crippen LogP contribution in [-0.2, 0) is 4.79 Å². The molecule has 1 heterocycles. The number of amides is 2. The van der Waals surface area contributed by atoms with Crippen molar-refractivity contribution in [1.29, 1.82) is 0 Å². The van der Waals surface area contributed by atoms with Crippen molar-refractivity contribution in [1.82, 2.24) is 4.90 Å². The smallest absolute Gasteiger partial charge is 0.253 e. The van der Waals surface area contributed by atoms with Crippen LogP contribution in [0.3, 0.4) is 0 Å². The van der Waals surface area contributed by atoms with Gasteiger partial charge in [0.15, 0.2) is 0 Å². The van der Waals surface area contributed by atoms with E-state index in [1.54, 1.807) is 17.0 Å². The van der Waals surface area contributed by atoms with E-state index in [-0.39, 0.29) is 29.3 Å². The molecule has 2 aromatic carbocycles. The number of phenols is 1. The summed E-state index contributed by atoms with van der Waals surface area (Å²) in [6.07, 6.45) is 1.09. The fourth-order valence-corrected chi connectivity index (χ4v) is 3.10. The van der Waals surface area contributed by atoms with Gasteiger partial charge in [-0.25, -0.2) is 4.39 Å². The molecular formula is C20H21FN2O3. The van der Waals surface area contributed by atoms with Crippen molar-refractivity contribution in [2.24, 2.45) is 5.92 Å². The Labute approximate surface area is 151 Å². The minimum absolute atomic E-state index is 0.0438. The van der Waals surface area contributed by atoms with Gasteiger partial charge in [-0.05, 0) is 61.7 Å². The molecular weight excluding hydrogens is 335 g/mol. The maximum Gasteiger partial charge on any atom is 0.253 e. The molecule has 0 aromatic heterocycles. The monoisotopic (exact) mass is 356 g/mol. The van der Waals surface area contributed by atoms with E-state index >= 15 is 0 Å². The molecule has 1 saturated heterocycles. The molecule has 1 aliphatic rings. The second-order valence-corrected chi connectivity index (χ2v) is 6.58. The third-order valence-electron chi connectivity index (χ3n) is 4.66. The molecule has 2 aromatic rings. The first-order valence-electron chi connectivity index (χ1n) is 8.59. The Morgan fingerprint density at radius 1 is 1.12 bits per heavy atom. The molecule has 0 spiro atoms. The van der Waals surface area contributed by atoms with E-state index < -0.39 is 0 Å². The minimum atomic E-state index is -0.378. The molecule has 0 saturated carbocycles. The molecule has 136 valence electrons. The maximum atomic E-state index is 13.0. The number of hydrogen-bond donors (Lipinski definition) is 2. The van der Waals surface area contributed by atoms with Gasteiger partial charge in [-0.2, -0.15) is 0 Å². The first kappa shape index (κ1) is 17.9. The number of rotatable bonds is 3. The van der Waals surface area contributed by atoms with Gasteiger partial charge in [0.05, 0.1) is 5.69 Å². The highest BCUT2D eigenvalue weighted by Crippen LogP contribution is 2.26. The number of carbonyl (C=O) groups excluding carboxylic acids is 2. The van der Waals surface area contributed by atoms with Crippen LogP contribution in [0.2, 0.25) is 0 Å². The van der Waals surface area contributed by atoms with Crippen LogP contribution in [-0.4, -0.2) is 34.9 Å². The van der Waals surface area contributed by atoms with Crippen molar-refractivity contribution in [3.05, 3.63) is 59.4 Å². The zero-order chi connectivity index (χ0) is 18.7. The first-order chi connectivity index (χ1) is 12.4. The van der Waals surface area contributed by atoms with Gasteiger partial charge in [-0.3, -0.25) is 9.59 Å². The molecule has 6 heteroatoms. The van der Waals surface area contributed by atoms with Gasteiger partial charge in [-0.15, -0.1) is 0 Å². The molecule has 3 rings (SSSR count). The number of aryl methyl sites for hydroxylation is 1. The lowest BCUT2D eigenvalue weighted by atomic mass is 9.95. The van der Waals surface area contributed by atoms with Crippen molar-refractivity contribution in [3.63, 3.8) is 0 Å². The highest BCUT2D eigenvalue weighted by atomic mass is 19.1. The topological polar surface area (TPSA) is 69.6 Å². The average molecular weight is 356 g/mol. The Bertz CT molecular complexity index is 812. The number of aromatic hydroxyl groups is 1. The van der Waals surface area contributed by atoms with Crippen molar-refractivity contribution in [2.45, 2.75) is 19.8 Å². The highest BCUT2D eigenvalue weighted by Gasteiger charge is 2.28. The number of benzene rings is 2. The van der Waals surface area contributed by atoms with Crippen LogP contribution >= 0.6 is 0 Å². The molecule has 2 amide bonds. The first-order valence-corrected chi connectivity index (χ1v) is 8.59. The second kappa shape index (κ2) is 7.56. The van der Waals surface area contributed by atoms with Gasteiger partial charge in [0.1, 0.15) is 11.6 Å². The average Bonchev–Trinajstić information content (AvgIpc) is 2.64. The lowest BCUT2D eigenvalue weighted by Gasteiger charge is -2.31. The normalized spacial score (nSPS) is 14.9. The number of piperidine rings is 1. The fraction of sp³-hybridized carbons (Fsp3) is 0.300. The molecule has 26 heavy (non-hydrogen) atoms. The van der Waals surface area contributed by atoms with Gasteiger partial charge in [0.25, 0.3) is 5.91 Å². The fourth-order valence-electron chi connectivity index (χ4n) is 3.10. The number of anilines is 1. The Kier molecular flexibility index (Phi) is 5.21. The number of carbonyl (C=O) groups is 2.